The number of carbonyl (C=O) groups is 2. The summed E-state index contributed by atoms with van der Waals surface area (Å²) in [4.78, 5) is 26.4. The van der Waals surface area contributed by atoms with E-state index in [0.717, 1.165) is 26.6 Å². The molecule has 8 nitrogen and oxygen atoms in total. The molecule has 0 spiro atoms. The van der Waals surface area contributed by atoms with Crippen molar-refractivity contribution in [1.29, 1.82) is 5.26 Å². The number of alkyl carbamates (subject to hydrolysis) is 1. The highest BCUT2D eigenvalue weighted by molar-refractivity contribution is 7.16. The topological polar surface area (TPSA) is 117 Å². The number of ether oxygens (including phenoxy) is 1. The summed E-state index contributed by atoms with van der Waals surface area (Å²) in [5.74, 6) is -0.287. The van der Waals surface area contributed by atoms with Crippen molar-refractivity contribution >= 4 is 45.8 Å². The number of hydrogen-bond donors (Lipinski definition) is 2. The molecule has 1 aliphatic rings. The lowest BCUT2D eigenvalue weighted by Crippen LogP contribution is -2.31. The fourth-order valence-corrected chi connectivity index (χ4v) is 5.29. The van der Waals surface area contributed by atoms with Gasteiger partial charge in [-0.25, -0.2) is 4.79 Å². The minimum atomic E-state index is -0.511. The summed E-state index contributed by atoms with van der Waals surface area (Å²) in [6, 6.07) is 6.05. The molecule has 32 heavy (non-hydrogen) atoms. The van der Waals surface area contributed by atoms with Gasteiger partial charge in [-0.3, -0.25) is 4.79 Å². The van der Waals surface area contributed by atoms with Gasteiger partial charge in [0, 0.05) is 27.8 Å². The number of aromatic nitrogens is 1. The first kappa shape index (κ1) is 21.8. The Morgan fingerprint density at radius 1 is 1.47 bits per heavy atom. The fourth-order valence-electron chi connectivity index (χ4n) is 3.40. The van der Waals surface area contributed by atoms with Gasteiger partial charge in [-0.15, -0.1) is 22.7 Å². The minimum Gasteiger partial charge on any atom is -0.446 e. The van der Waals surface area contributed by atoms with Crippen molar-refractivity contribution in [2.75, 3.05) is 5.32 Å². The second-order valence-electron chi connectivity index (χ2n) is 7.21. The van der Waals surface area contributed by atoms with Gasteiger partial charge in [-0.1, -0.05) is 11.2 Å². The number of hydrogen-bond acceptors (Lipinski definition) is 8. The number of fused-ring (bicyclic) bond motifs is 1. The lowest BCUT2D eigenvalue weighted by atomic mass is 9.94. The lowest BCUT2D eigenvalue weighted by molar-refractivity contribution is -0.111. The second kappa shape index (κ2) is 9.80. The van der Waals surface area contributed by atoms with Crippen LogP contribution in [-0.2, 0) is 28.9 Å². The minimum absolute atomic E-state index is 0.277. The number of carbonyl (C=O) groups excluding carboxylic acids is 2. The van der Waals surface area contributed by atoms with Gasteiger partial charge in [0.25, 0.3) is 0 Å². The molecule has 3 aromatic heterocycles. The summed E-state index contributed by atoms with van der Waals surface area (Å²) < 4.78 is 10.4. The number of nitrogens with one attached hydrogen (secondary N) is 2. The van der Waals surface area contributed by atoms with Crippen LogP contribution < -0.4 is 10.6 Å². The Hall–Kier alpha value is -3.42. The Labute approximate surface area is 192 Å². The Bertz CT molecular complexity index is 1190. The monoisotopic (exact) mass is 468 g/mol. The highest BCUT2D eigenvalue weighted by atomic mass is 32.1. The number of nitrogens with zero attached hydrogens (tertiary/aromatic N) is 2. The molecule has 0 saturated carbocycles. The molecule has 2 N–H and O–H groups in total. The number of rotatable bonds is 6. The van der Waals surface area contributed by atoms with Crippen molar-refractivity contribution in [3.05, 3.63) is 62.0 Å². The third kappa shape index (κ3) is 5.07. The fraction of sp³-hybridized carbons (Fsp3) is 0.273. The molecule has 0 saturated heterocycles. The van der Waals surface area contributed by atoms with E-state index in [2.05, 4.69) is 21.9 Å². The van der Waals surface area contributed by atoms with E-state index in [1.807, 2.05) is 17.5 Å². The van der Waals surface area contributed by atoms with Crippen LogP contribution in [0.25, 0.3) is 6.08 Å². The van der Waals surface area contributed by atoms with Crippen molar-refractivity contribution in [2.45, 2.75) is 38.8 Å². The standard InChI is InChI=1S/C22H20N4O4S2/c1-13-14(12-29-26-13)11-24-22(28)30-15-4-6-17-18(10-23)21(32-19(17)9-15)25-20(27)7-5-16-3-2-8-31-16/h2-3,5,7-8,12,15H,4,6,9,11H2,1H3,(H,24,28)(H,25,27). The zero-order valence-corrected chi connectivity index (χ0v) is 18.8. The van der Waals surface area contributed by atoms with E-state index in [0.29, 0.717) is 29.8 Å². The molecule has 1 unspecified atom stereocenters. The van der Waals surface area contributed by atoms with Crippen molar-refractivity contribution in [3.8, 4) is 6.07 Å². The van der Waals surface area contributed by atoms with Gasteiger partial charge < -0.3 is 19.9 Å². The zero-order chi connectivity index (χ0) is 22.5. The largest absolute Gasteiger partial charge is 0.446 e. The number of nitriles is 1. The molecule has 0 aliphatic heterocycles. The lowest BCUT2D eigenvalue weighted by Gasteiger charge is -2.22. The maximum absolute atomic E-state index is 12.3. The van der Waals surface area contributed by atoms with Crippen LogP contribution in [0.2, 0.25) is 0 Å². The van der Waals surface area contributed by atoms with E-state index >= 15 is 0 Å². The van der Waals surface area contributed by atoms with Crippen LogP contribution in [0.4, 0.5) is 9.80 Å². The molecule has 164 valence electrons. The first-order chi connectivity index (χ1) is 15.5. The molecule has 10 heteroatoms. The zero-order valence-electron chi connectivity index (χ0n) is 17.2. The summed E-state index contributed by atoms with van der Waals surface area (Å²) >= 11 is 2.90. The summed E-state index contributed by atoms with van der Waals surface area (Å²) in [6.07, 6.45) is 5.62. The predicted octanol–water partition coefficient (Wildman–Crippen LogP) is 4.41. The third-order valence-corrected chi connectivity index (χ3v) is 7.06. The second-order valence-corrected chi connectivity index (χ2v) is 9.29. The van der Waals surface area contributed by atoms with Crippen LogP contribution in [0.3, 0.4) is 0 Å². The Balaban J connectivity index is 1.36. The molecule has 4 rings (SSSR count). The van der Waals surface area contributed by atoms with Gasteiger partial charge in [-0.05, 0) is 42.9 Å². The highest BCUT2D eigenvalue weighted by Crippen LogP contribution is 2.38. The van der Waals surface area contributed by atoms with Gasteiger partial charge in [0.15, 0.2) is 0 Å². The smallest absolute Gasteiger partial charge is 0.407 e. The van der Waals surface area contributed by atoms with Gasteiger partial charge >= 0.3 is 6.09 Å². The molecule has 0 bridgehead atoms. The average Bonchev–Trinajstić information content (AvgIpc) is 3.50. The van der Waals surface area contributed by atoms with Crippen molar-refractivity contribution < 1.29 is 18.8 Å². The van der Waals surface area contributed by atoms with E-state index in [-0.39, 0.29) is 18.6 Å². The van der Waals surface area contributed by atoms with Crippen molar-refractivity contribution in [1.82, 2.24) is 10.5 Å². The van der Waals surface area contributed by atoms with E-state index in [4.69, 9.17) is 9.26 Å². The molecule has 0 aromatic carbocycles. The Morgan fingerprint density at radius 3 is 3.06 bits per heavy atom. The molecular formula is C22H20N4O4S2. The Morgan fingerprint density at radius 2 is 2.34 bits per heavy atom. The van der Waals surface area contributed by atoms with Gasteiger partial charge in [0.1, 0.15) is 23.4 Å². The summed E-state index contributed by atoms with van der Waals surface area (Å²) in [7, 11) is 0. The SMILES string of the molecule is Cc1nocc1CNC(=O)OC1CCc2c(sc(NC(=O)C=Cc3cccs3)c2C#N)C1. The molecule has 0 radical (unpaired) electrons. The molecule has 0 fully saturated rings. The van der Waals surface area contributed by atoms with Gasteiger partial charge in [0.05, 0.1) is 17.8 Å². The first-order valence-electron chi connectivity index (χ1n) is 9.95. The number of aryl methyl sites for hydroxylation is 1. The number of amides is 2. The molecular weight excluding hydrogens is 448 g/mol. The van der Waals surface area contributed by atoms with Gasteiger partial charge in [0.2, 0.25) is 5.91 Å². The van der Waals surface area contributed by atoms with Crippen LogP contribution in [0, 0.1) is 18.3 Å². The maximum atomic E-state index is 12.3. The van der Waals surface area contributed by atoms with Gasteiger partial charge in [-0.2, -0.15) is 5.26 Å². The van der Waals surface area contributed by atoms with Crippen molar-refractivity contribution in [2.24, 2.45) is 0 Å². The number of thiophene rings is 2. The average molecular weight is 469 g/mol. The van der Waals surface area contributed by atoms with Crippen LogP contribution in [-0.4, -0.2) is 23.3 Å². The predicted molar refractivity (Wildman–Crippen MR) is 121 cm³/mol. The molecule has 1 atom stereocenters. The molecule has 3 heterocycles. The summed E-state index contributed by atoms with van der Waals surface area (Å²) in [5, 5.41) is 21.4. The van der Waals surface area contributed by atoms with E-state index in [1.54, 1.807) is 13.0 Å². The quantitative estimate of drug-likeness (QED) is 0.518. The third-order valence-electron chi connectivity index (χ3n) is 5.06. The summed E-state index contributed by atoms with van der Waals surface area (Å²) in [5.41, 5.74) is 2.93. The summed E-state index contributed by atoms with van der Waals surface area (Å²) in [6.45, 7) is 2.07. The number of anilines is 1. The molecule has 1 aliphatic carbocycles. The Kier molecular flexibility index (Phi) is 6.68. The van der Waals surface area contributed by atoms with E-state index < -0.39 is 6.09 Å². The van der Waals surface area contributed by atoms with Crippen molar-refractivity contribution in [3.63, 3.8) is 0 Å². The molecule has 3 aromatic rings. The normalized spacial score (nSPS) is 15.2. The van der Waals surface area contributed by atoms with Crippen LogP contribution >= 0.6 is 22.7 Å². The molecule has 2 amide bonds. The van der Waals surface area contributed by atoms with E-state index in [9.17, 15) is 14.9 Å². The van der Waals surface area contributed by atoms with Crippen LogP contribution in [0.1, 0.15) is 38.6 Å². The maximum Gasteiger partial charge on any atom is 0.407 e. The first-order valence-corrected chi connectivity index (χ1v) is 11.6. The van der Waals surface area contributed by atoms with Crippen LogP contribution in [0.15, 0.2) is 34.4 Å². The van der Waals surface area contributed by atoms with E-state index in [1.165, 1.54) is 35.0 Å². The highest BCUT2D eigenvalue weighted by Gasteiger charge is 2.28. The van der Waals surface area contributed by atoms with Crippen LogP contribution in [0.5, 0.6) is 0 Å².